The zero-order valence-electron chi connectivity index (χ0n) is 11.8. The maximum absolute atomic E-state index is 12.2. The SMILES string of the molecule is CCCC1SCC(C(=O)O)N1C(=O)NC(C)C(=O)OC. The number of nitrogens with zero attached hydrogens (tertiary/aromatic N) is 1. The van der Waals surface area contributed by atoms with Gasteiger partial charge in [0.1, 0.15) is 12.1 Å². The summed E-state index contributed by atoms with van der Waals surface area (Å²) in [4.78, 5) is 36.0. The van der Waals surface area contributed by atoms with Gasteiger partial charge in [0.2, 0.25) is 0 Å². The fraction of sp³-hybridized carbons (Fsp3) is 0.750. The van der Waals surface area contributed by atoms with E-state index in [2.05, 4.69) is 10.1 Å². The smallest absolute Gasteiger partial charge is 0.328 e. The van der Waals surface area contributed by atoms with Gasteiger partial charge in [-0.3, -0.25) is 4.90 Å². The van der Waals surface area contributed by atoms with Crippen molar-refractivity contribution in [3.8, 4) is 0 Å². The highest BCUT2D eigenvalue weighted by atomic mass is 32.2. The third-order valence-electron chi connectivity index (χ3n) is 3.04. The Morgan fingerprint density at radius 2 is 2.15 bits per heavy atom. The van der Waals surface area contributed by atoms with Crippen molar-refractivity contribution < 1.29 is 24.2 Å². The van der Waals surface area contributed by atoms with E-state index >= 15 is 0 Å². The first-order chi connectivity index (χ1) is 9.42. The molecule has 3 atom stereocenters. The molecule has 2 N–H and O–H groups in total. The van der Waals surface area contributed by atoms with Gasteiger partial charge in [-0.25, -0.2) is 14.4 Å². The van der Waals surface area contributed by atoms with Crippen LogP contribution in [-0.4, -0.2) is 58.3 Å². The lowest BCUT2D eigenvalue weighted by Crippen LogP contribution is -2.53. The predicted octanol–water partition coefficient (Wildman–Crippen LogP) is 0.886. The molecule has 1 aliphatic rings. The molecule has 7 nitrogen and oxygen atoms in total. The number of methoxy groups -OCH3 is 1. The number of carboxylic acids is 1. The molecule has 20 heavy (non-hydrogen) atoms. The van der Waals surface area contributed by atoms with Crippen molar-refractivity contribution in [1.29, 1.82) is 0 Å². The van der Waals surface area contributed by atoms with Crippen LogP contribution in [0.4, 0.5) is 4.79 Å². The minimum Gasteiger partial charge on any atom is -0.480 e. The molecule has 0 radical (unpaired) electrons. The number of carboxylic acid groups (broad SMARTS) is 1. The van der Waals surface area contributed by atoms with Gasteiger partial charge in [-0.2, -0.15) is 0 Å². The molecule has 0 aromatic carbocycles. The van der Waals surface area contributed by atoms with E-state index in [1.165, 1.54) is 30.7 Å². The minimum atomic E-state index is -1.03. The topological polar surface area (TPSA) is 95.9 Å². The average Bonchev–Trinajstić information content (AvgIpc) is 2.82. The summed E-state index contributed by atoms with van der Waals surface area (Å²) in [6.07, 6.45) is 1.56. The van der Waals surface area contributed by atoms with E-state index in [9.17, 15) is 19.5 Å². The summed E-state index contributed by atoms with van der Waals surface area (Å²) < 4.78 is 4.53. The molecular weight excluding hydrogens is 284 g/mol. The van der Waals surface area contributed by atoms with Crippen LogP contribution in [0.2, 0.25) is 0 Å². The molecular formula is C12H20N2O5S. The van der Waals surface area contributed by atoms with Gasteiger partial charge in [0.15, 0.2) is 0 Å². The number of thioether (sulfide) groups is 1. The van der Waals surface area contributed by atoms with Crippen molar-refractivity contribution in [3.63, 3.8) is 0 Å². The van der Waals surface area contributed by atoms with E-state index in [0.717, 1.165) is 6.42 Å². The second-order valence-corrected chi connectivity index (χ2v) is 5.74. The molecule has 0 spiro atoms. The maximum Gasteiger partial charge on any atom is 0.328 e. The number of nitrogens with one attached hydrogen (secondary N) is 1. The number of amides is 2. The van der Waals surface area contributed by atoms with Gasteiger partial charge in [-0.1, -0.05) is 13.3 Å². The lowest BCUT2D eigenvalue weighted by Gasteiger charge is -2.28. The number of esters is 1. The van der Waals surface area contributed by atoms with Crippen molar-refractivity contribution in [2.45, 2.75) is 44.1 Å². The summed E-state index contributed by atoms with van der Waals surface area (Å²) in [5.74, 6) is -1.24. The van der Waals surface area contributed by atoms with E-state index < -0.39 is 30.1 Å². The molecule has 1 rings (SSSR count). The summed E-state index contributed by atoms with van der Waals surface area (Å²) >= 11 is 1.45. The zero-order valence-corrected chi connectivity index (χ0v) is 12.6. The fourth-order valence-electron chi connectivity index (χ4n) is 1.99. The Hall–Kier alpha value is -1.44. The number of rotatable bonds is 5. The monoisotopic (exact) mass is 304 g/mol. The number of aliphatic carboxylic acids is 1. The lowest BCUT2D eigenvalue weighted by atomic mass is 10.2. The number of ether oxygens (including phenoxy) is 1. The largest absolute Gasteiger partial charge is 0.480 e. The van der Waals surface area contributed by atoms with Crippen molar-refractivity contribution in [3.05, 3.63) is 0 Å². The second kappa shape index (κ2) is 7.37. The van der Waals surface area contributed by atoms with Crippen LogP contribution in [0.1, 0.15) is 26.7 Å². The molecule has 0 aliphatic carbocycles. The van der Waals surface area contributed by atoms with E-state index in [1.807, 2.05) is 6.92 Å². The van der Waals surface area contributed by atoms with Crippen LogP contribution < -0.4 is 5.32 Å². The normalized spacial score (nSPS) is 23.2. The van der Waals surface area contributed by atoms with Crippen molar-refractivity contribution in [2.24, 2.45) is 0 Å². The maximum atomic E-state index is 12.2. The Balaban J connectivity index is 2.78. The highest BCUT2D eigenvalue weighted by molar-refractivity contribution is 8.00. The van der Waals surface area contributed by atoms with Crippen LogP contribution in [-0.2, 0) is 14.3 Å². The predicted molar refractivity (Wildman–Crippen MR) is 74.4 cm³/mol. The van der Waals surface area contributed by atoms with Crippen LogP contribution in [0.5, 0.6) is 0 Å². The summed E-state index contributed by atoms with van der Waals surface area (Å²) in [6.45, 7) is 3.47. The zero-order chi connectivity index (χ0) is 15.3. The van der Waals surface area contributed by atoms with E-state index in [0.29, 0.717) is 12.2 Å². The third-order valence-corrected chi connectivity index (χ3v) is 4.40. The number of hydrogen-bond acceptors (Lipinski definition) is 5. The molecule has 1 heterocycles. The van der Waals surface area contributed by atoms with E-state index in [1.54, 1.807) is 0 Å². The number of carbonyl (C=O) groups excluding carboxylic acids is 2. The van der Waals surface area contributed by atoms with Gasteiger partial charge < -0.3 is 15.2 Å². The Morgan fingerprint density at radius 1 is 1.50 bits per heavy atom. The molecule has 3 unspecified atom stereocenters. The molecule has 0 saturated carbocycles. The van der Waals surface area contributed by atoms with Gasteiger partial charge >= 0.3 is 18.0 Å². The Kier molecular flexibility index (Phi) is 6.12. The van der Waals surface area contributed by atoms with Crippen molar-refractivity contribution in [2.75, 3.05) is 12.9 Å². The van der Waals surface area contributed by atoms with E-state index in [-0.39, 0.29) is 5.37 Å². The number of hydrogen-bond donors (Lipinski definition) is 2. The van der Waals surface area contributed by atoms with Gasteiger partial charge in [-0.15, -0.1) is 11.8 Å². The van der Waals surface area contributed by atoms with Gasteiger partial charge in [0.05, 0.1) is 12.5 Å². The highest BCUT2D eigenvalue weighted by Crippen LogP contribution is 2.32. The molecule has 1 fully saturated rings. The molecule has 1 saturated heterocycles. The van der Waals surface area contributed by atoms with Crippen molar-refractivity contribution >= 4 is 29.7 Å². The van der Waals surface area contributed by atoms with Crippen LogP contribution in [0.3, 0.4) is 0 Å². The van der Waals surface area contributed by atoms with Crippen LogP contribution in [0, 0.1) is 0 Å². The van der Waals surface area contributed by atoms with Gasteiger partial charge in [0.25, 0.3) is 0 Å². The molecule has 8 heteroatoms. The van der Waals surface area contributed by atoms with Crippen LogP contribution in [0.25, 0.3) is 0 Å². The molecule has 1 aliphatic heterocycles. The molecule has 0 aromatic heterocycles. The molecule has 114 valence electrons. The first kappa shape index (κ1) is 16.6. The Morgan fingerprint density at radius 3 is 2.65 bits per heavy atom. The first-order valence-electron chi connectivity index (χ1n) is 6.43. The van der Waals surface area contributed by atoms with Crippen LogP contribution in [0.15, 0.2) is 0 Å². The molecule has 2 amide bonds. The first-order valence-corrected chi connectivity index (χ1v) is 7.48. The summed E-state index contributed by atoms with van der Waals surface area (Å²) in [5.41, 5.74) is 0. The summed E-state index contributed by atoms with van der Waals surface area (Å²) in [5, 5.41) is 11.5. The molecule has 0 aromatic rings. The quantitative estimate of drug-likeness (QED) is 0.732. The lowest BCUT2D eigenvalue weighted by molar-refractivity contribution is -0.142. The number of urea groups is 1. The second-order valence-electron chi connectivity index (χ2n) is 4.53. The third kappa shape index (κ3) is 3.78. The Labute approximate surface area is 122 Å². The summed E-state index contributed by atoms with van der Waals surface area (Å²) in [7, 11) is 1.23. The van der Waals surface area contributed by atoms with Crippen molar-refractivity contribution in [1.82, 2.24) is 10.2 Å². The number of carbonyl (C=O) groups is 3. The van der Waals surface area contributed by atoms with Gasteiger partial charge in [0, 0.05) is 5.75 Å². The highest BCUT2D eigenvalue weighted by Gasteiger charge is 2.41. The summed E-state index contributed by atoms with van der Waals surface area (Å²) in [6, 6.07) is -2.21. The van der Waals surface area contributed by atoms with Gasteiger partial charge in [-0.05, 0) is 13.3 Å². The fourth-order valence-corrected chi connectivity index (χ4v) is 3.50. The van der Waals surface area contributed by atoms with Crippen LogP contribution >= 0.6 is 11.8 Å². The Bertz CT molecular complexity index is 390. The van der Waals surface area contributed by atoms with E-state index in [4.69, 9.17) is 0 Å². The molecule has 0 bridgehead atoms. The standard InChI is InChI=1S/C12H20N2O5S/c1-4-5-9-14(8(6-20-9)10(15)16)12(18)13-7(2)11(17)19-3/h7-9H,4-6H2,1-3H3,(H,13,18)(H,15,16). The average molecular weight is 304 g/mol. The minimum absolute atomic E-state index is 0.175.